The summed E-state index contributed by atoms with van der Waals surface area (Å²) in [4.78, 5) is 6.02. The van der Waals surface area contributed by atoms with Crippen molar-refractivity contribution in [2.24, 2.45) is 10.7 Å². The van der Waals surface area contributed by atoms with Crippen molar-refractivity contribution in [3.8, 4) is 0 Å². The molecule has 1 heterocycles. The van der Waals surface area contributed by atoms with Crippen LogP contribution in [0.4, 0.5) is 0 Å². The molecular formula is C5H9N3S2. The lowest BCUT2D eigenvalue weighted by atomic mass is 10.8. The second kappa shape index (κ2) is 3.21. The van der Waals surface area contributed by atoms with Gasteiger partial charge in [0.1, 0.15) is 5.03 Å². The zero-order chi connectivity index (χ0) is 7.56. The van der Waals surface area contributed by atoms with Crippen molar-refractivity contribution in [3.63, 3.8) is 0 Å². The molecule has 0 aromatic rings. The van der Waals surface area contributed by atoms with Crippen molar-refractivity contribution >= 4 is 26.8 Å². The SMILES string of the molecule is CN(C)C=C1N=C(N)SS1. The summed E-state index contributed by atoms with van der Waals surface area (Å²) in [7, 11) is 7.00. The molecule has 3 nitrogen and oxygen atoms in total. The van der Waals surface area contributed by atoms with E-state index in [9.17, 15) is 0 Å². The van der Waals surface area contributed by atoms with Gasteiger partial charge >= 0.3 is 0 Å². The Morgan fingerprint density at radius 1 is 1.50 bits per heavy atom. The van der Waals surface area contributed by atoms with E-state index in [2.05, 4.69) is 4.99 Å². The van der Waals surface area contributed by atoms with Gasteiger partial charge < -0.3 is 10.6 Å². The first-order valence-corrected chi connectivity index (χ1v) is 4.90. The largest absolute Gasteiger partial charge is 0.381 e. The molecular weight excluding hydrogens is 166 g/mol. The van der Waals surface area contributed by atoms with Crippen LogP contribution in [0.15, 0.2) is 16.2 Å². The van der Waals surface area contributed by atoms with Gasteiger partial charge in [0.15, 0.2) is 5.17 Å². The molecule has 0 radical (unpaired) electrons. The fourth-order valence-electron chi connectivity index (χ4n) is 0.503. The van der Waals surface area contributed by atoms with Crippen LogP contribution in [0.5, 0.6) is 0 Å². The van der Waals surface area contributed by atoms with Crippen molar-refractivity contribution < 1.29 is 0 Å². The first-order chi connectivity index (χ1) is 4.68. The molecule has 10 heavy (non-hydrogen) atoms. The Bertz CT molecular complexity index is 185. The Balaban J connectivity index is 2.59. The van der Waals surface area contributed by atoms with Crippen molar-refractivity contribution in [1.29, 1.82) is 0 Å². The van der Waals surface area contributed by atoms with Gasteiger partial charge in [-0.3, -0.25) is 0 Å². The summed E-state index contributed by atoms with van der Waals surface area (Å²) in [6.07, 6.45) is 1.94. The quantitative estimate of drug-likeness (QED) is 0.605. The Hall–Kier alpha value is -0.290. The van der Waals surface area contributed by atoms with Crippen molar-refractivity contribution in [3.05, 3.63) is 11.2 Å². The molecule has 0 fully saturated rings. The van der Waals surface area contributed by atoms with Gasteiger partial charge in [-0.2, -0.15) is 0 Å². The summed E-state index contributed by atoms with van der Waals surface area (Å²) in [5.74, 6) is 0. The Labute approximate surface area is 68.1 Å². The van der Waals surface area contributed by atoms with E-state index in [-0.39, 0.29) is 0 Å². The fraction of sp³-hybridized carbons (Fsp3) is 0.400. The molecule has 0 aromatic carbocycles. The number of nitrogens with two attached hydrogens (primary N) is 1. The topological polar surface area (TPSA) is 41.6 Å². The number of amidine groups is 1. The van der Waals surface area contributed by atoms with E-state index >= 15 is 0 Å². The highest BCUT2D eigenvalue weighted by Crippen LogP contribution is 2.37. The predicted octanol–water partition coefficient (Wildman–Crippen LogP) is 1.06. The van der Waals surface area contributed by atoms with Gasteiger partial charge in [0, 0.05) is 20.3 Å². The average Bonchev–Trinajstić information content (AvgIpc) is 2.13. The van der Waals surface area contributed by atoms with Crippen LogP contribution in [-0.2, 0) is 0 Å². The maximum atomic E-state index is 5.43. The smallest absolute Gasteiger partial charge is 0.170 e. The molecule has 0 aliphatic carbocycles. The van der Waals surface area contributed by atoms with E-state index in [1.807, 2.05) is 25.2 Å². The minimum atomic E-state index is 0.637. The fourth-order valence-corrected chi connectivity index (χ4v) is 2.12. The second-order valence-electron chi connectivity index (χ2n) is 2.05. The molecule has 0 saturated carbocycles. The van der Waals surface area contributed by atoms with E-state index in [0.717, 1.165) is 5.03 Å². The van der Waals surface area contributed by atoms with E-state index in [1.165, 1.54) is 10.8 Å². The van der Waals surface area contributed by atoms with E-state index in [1.54, 1.807) is 10.8 Å². The molecule has 0 unspecified atom stereocenters. The van der Waals surface area contributed by atoms with Crippen LogP contribution < -0.4 is 5.73 Å². The van der Waals surface area contributed by atoms with Crippen LogP contribution in [0, 0.1) is 0 Å². The first-order valence-electron chi connectivity index (χ1n) is 2.75. The lowest BCUT2D eigenvalue weighted by Gasteiger charge is -2.02. The molecule has 0 saturated heterocycles. The van der Waals surface area contributed by atoms with Gasteiger partial charge in [0.25, 0.3) is 0 Å². The van der Waals surface area contributed by atoms with Crippen LogP contribution in [-0.4, -0.2) is 24.2 Å². The third-order valence-corrected chi connectivity index (χ3v) is 2.79. The molecule has 0 atom stereocenters. The zero-order valence-corrected chi connectivity index (χ0v) is 7.50. The summed E-state index contributed by atoms with van der Waals surface area (Å²) >= 11 is 0. The zero-order valence-electron chi connectivity index (χ0n) is 5.87. The van der Waals surface area contributed by atoms with Gasteiger partial charge in [-0.05, 0) is 21.6 Å². The Morgan fingerprint density at radius 2 is 2.20 bits per heavy atom. The van der Waals surface area contributed by atoms with Gasteiger partial charge in [-0.15, -0.1) is 0 Å². The van der Waals surface area contributed by atoms with Crippen LogP contribution >= 0.6 is 21.6 Å². The van der Waals surface area contributed by atoms with Crippen molar-refractivity contribution in [2.75, 3.05) is 14.1 Å². The maximum absolute atomic E-state index is 5.43. The average molecular weight is 175 g/mol. The summed E-state index contributed by atoms with van der Waals surface area (Å²) in [5.41, 5.74) is 5.43. The molecule has 0 bridgehead atoms. The number of hydrogen-bond donors (Lipinski definition) is 1. The highest BCUT2D eigenvalue weighted by molar-refractivity contribution is 8.84. The van der Waals surface area contributed by atoms with Gasteiger partial charge in [0.2, 0.25) is 0 Å². The molecule has 2 N–H and O–H groups in total. The lowest BCUT2D eigenvalue weighted by Crippen LogP contribution is -2.02. The summed E-state index contributed by atoms with van der Waals surface area (Å²) in [6, 6.07) is 0. The third-order valence-electron chi connectivity index (χ3n) is 0.801. The summed E-state index contributed by atoms with van der Waals surface area (Å²) in [5, 5.41) is 1.60. The molecule has 56 valence electrons. The van der Waals surface area contributed by atoms with Crippen molar-refractivity contribution in [2.45, 2.75) is 0 Å². The molecule has 0 aromatic heterocycles. The minimum absolute atomic E-state index is 0.637. The van der Waals surface area contributed by atoms with Crippen molar-refractivity contribution in [1.82, 2.24) is 4.90 Å². The number of nitrogens with zero attached hydrogens (tertiary/aromatic N) is 2. The first kappa shape index (κ1) is 7.81. The van der Waals surface area contributed by atoms with E-state index in [0.29, 0.717) is 5.17 Å². The van der Waals surface area contributed by atoms with Crippen LogP contribution in [0.1, 0.15) is 0 Å². The highest BCUT2D eigenvalue weighted by atomic mass is 33.1. The molecule has 5 heteroatoms. The highest BCUT2D eigenvalue weighted by Gasteiger charge is 2.08. The molecule has 1 aliphatic rings. The predicted molar refractivity (Wildman–Crippen MR) is 48.6 cm³/mol. The number of rotatable bonds is 1. The second-order valence-corrected chi connectivity index (χ2v) is 4.22. The van der Waals surface area contributed by atoms with Gasteiger partial charge in [0.05, 0.1) is 0 Å². The van der Waals surface area contributed by atoms with Crippen LogP contribution in [0.25, 0.3) is 0 Å². The molecule has 0 spiro atoms. The van der Waals surface area contributed by atoms with Crippen LogP contribution in [0.3, 0.4) is 0 Å². The maximum Gasteiger partial charge on any atom is 0.170 e. The summed E-state index contributed by atoms with van der Waals surface area (Å²) < 4.78 is 0. The Kier molecular flexibility index (Phi) is 2.50. The number of aliphatic imine (C=N–C) groups is 1. The van der Waals surface area contributed by atoms with E-state index < -0.39 is 0 Å². The molecule has 1 aliphatic heterocycles. The molecule has 1 rings (SSSR count). The van der Waals surface area contributed by atoms with E-state index in [4.69, 9.17) is 5.73 Å². The number of hydrogen-bond acceptors (Lipinski definition) is 5. The van der Waals surface area contributed by atoms with Crippen LogP contribution in [0.2, 0.25) is 0 Å². The lowest BCUT2D eigenvalue weighted by molar-refractivity contribution is 0.561. The minimum Gasteiger partial charge on any atom is -0.381 e. The Morgan fingerprint density at radius 3 is 2.60 bits per heavy atom. The third kappa shape index (κ3) is 2.15. The van der Waals surface area contributed by atoms with Gasteiger partial charge in [-0.1, -0.05) is 0 Å². The monoisotopic (exact) mass is 175 g/mol. The van der Waals surface area contributed by atoms with Gasteiger partial charge in [-0.25, -0.2) is 4.99 Å². The molecule has 0 amide bonds. The normalized spacial score (nSPS) is 21.4. The standard InChI is InChI=1S/C5H9N3S2/c1-8(2)3-4-7-5(6)10-9-4/h3H,1-2H3,(H2,6,7). The summed E-state index contributed by atoms with van der Waals surface area (Å²) in [6.45, 7) is 0.